The van der Waals surface area contributed by atoms with Gasteiger partial charge in [-0.3, -0.25) is 5.10 Å². The predicted octanol–water partition coefficient (Wildman–Crippen LogP) is 5.71. The largest absolute Gasteiger partial charge is 0.302 e. The third kappa shape index (κ3) is 6.28. The molecule has 0 amide bonds. The van der Waals surface area contributed by atoms with E-state index in [-0.39, 0.29) is 0 Å². The number of H-pyrrole nitrogens is 1. The Morgan fingerprint density at radius 3 is 2.15 bits per heavy atom. The molecule has 3 nitrogen and oxygen atoms in total. The minimum Gasteiger partial charge on any atom is -0.302 e. The summed E-state index contributed by atoms with van der Waals surface area (Å²) in [6.07, 6.45) is 6.72. The molecule has 0 saturated carbocycles. The highest BCUT2D eigenvalue weighted by Gasteiger charge is 2.13. The zero-order valence-electron chi connectivity index (χ0n) is 17.6. The van der Waals surface area contributed by atoms with Gasteiger partial charge < -0.3 is 4.90 Å². The summed E-state index contributed by atoms with van der Waals surface area (Å²) >= 11 is 0. The lowest BCUT2D eigenvalue weighted by atomic mass is 9.93. The molecule has 0 aliphatic heterocycles. The van der Waals surface area contributed by atoms with Crippen LogP contribution in [-0.4, -0.2) is 28.7 Å². The fourth-order valence-corrected chi connectivity index (χ4v) is 3.56. The quantitative estimate of drug-likeness (QED) is 0.592. The van der Waals surface area contributed by atoms with Gasteiger partial charge in [0.1, 0.15) is 0 Å². The number of nitrogens with zero attached hydrogens (tertiary/aromatic N) is 2. The summed E-state index contributed by atoms with van der Waals surface area (Å²) in [5, 5.41) is 7.63. The molecule has 26 heavy (non-hydrogen) atoms. The lowest BCUT2D eigenvalue weighted by molar-refractivity contribution is 0.321. The van der Waals surface area contributed by atoms with Crippen LogP contribution in [0.5, 0.6) is 0 Å². The minimum atomic E-state index is 0.665. The van der Waals surface area contributed by atoms with E-state index in [4.69, 9.17) is 0 Å². The van der Waals surface area contributed by atoms with E-state index in [9.17, 15) is 0 Å². The number of rotatable bonds is 10. The van der Waals surface area contributed by atoms with E-state index in [1.165, 1.54) is 40.8 Å². The van der Waals surface area contributed by atoms with Crippen LogP contribution in [0, 0.1) is 11.8 Å². The molecule has 0 atom stereocenters. The van der Waals surface area contributed by atoms with E-state index < -0.39 is 0 Å². The van der Waals surface area contributed by atoms with Crippen molar-refractivity contribution in [3.8, 4) is 11.3 Å². The maximum atomic E-state index is 4.36. The van der Waals surface area contributed by atoms with Crippen molar-refractivity contribution in [3.05, 3.63) is 41.1 Å². The molecule has 2 aromatic rings. The lowest BCUT2D eigenvalue weighted by Gasteiger charge is -2.17. The summed E-state index contributed by atoms with van der Waals surface area (Å²) in [6.45, 7) is 13.5. The molecular formula is C23H37N3. The number of unbranched alkanes of at least 4 members (excludes halogenated alkanes) is 1. The average molecular weight is 356 g/mol. The van der Waals surface area contributed by atoms with Crippen molar-refractivity contribution in [2.75, 3.05) is 13.6 Å². The van der Waals surface area contributed by atoms with Gasteiger partial charge in [-0.25, -0.2) is 0 Å². The van der Waals surface area contributed by atoms with Crippen LogP contribution in [0.3, 0.4) is 0 Å². The van der Waals surface area contributed by atoms with E-state index in [0.717, 1.165) is 25.9 Å². The molecule has 1 heterocycles. The van der Waals surface area contributed by atoms with Crippen LogP contribution in [0.2, 0.25) is 0 Å². The second-order valence-corrected chi connectivity index (χ2v) is 8.60. The van der Waals surface area contributed by atoms with Gasteiger partial charge in [-0.2, -0.15) is 5.10 Å². The van der Waals surface area contributed by atoms with Crippen molar-refractivity contribution in [1.29, 1.82) is 0 Å². The molecule has 1 N–H and O–H groups in total. The van der Waals surface area contributed by atoms with Crippen molar-refractivity contribution in [3.63, 3.8) is 0 Å². The number of hydrogen-bond donors (Lipinski definition) is 1. The number of hydrogen-bond acceptors (Lipinski definition) is 2. The molecule has 144 valence electrons. The van der Waals surface area contributed by atoms with Gasteiger partial charge in [-0.05, 0) is 68.0 Å². The highest BCUT2D eigenvalue weighted by Crippen LogP contribution is 2.27. The molecule has 0 aliphatic carbocycles. The summed E-state index contributed by atoms with van der Waals surface area (Å²) in [7, 11) is 2.20. The number of nitrogens with one attached hydrogen (secondary N) is 1. The molecule has 0 bridgehead atoms. The first kappa shape index (κ1) is 20.7. The lowest BCUT2D eigenvalue weighted by Crippen LogP contribution is -2.19. The molecular weight excluding hydrogens is 318 g/mol. The Morgan fingerprint density at radius 2 is 1.62 bits per heavy atom. The summed E-state index contributed by atoms with van der Waals surface area (Å²) in [5.41, 5.74) is 6.64. The smallest absolute Gasteiger partial charge is 0.0695 e. The van der Waals surface area contributed by atoms with Crippen molar-refractivity contribution in [1.82, 2.24) is 15.1 Å². The van der Waals surface area contributed by atoms with Crippen molar-refractivity contribution < 1.29 is 0 Å². The zero-order valence-corrected chi connectivity index (χ0v) is 17.6. The Kier molecular flexibility index (Phi) is 7.89. The Hall–Kier alpha value is -1.61. The van der Waals surface area contributed by atoms with Crippen molar-refractivity contribution in [2.45, 2.75) is 66.8 Å². The predicted molar refractivity (Wildman–Crippen MR) is 112 cm³/mol. The SMILES string of the molecule is CCCCN(C)Cc1cn[nH]c1-c1cc(CC(C)C)cc(CC(C)C)c1. The van der Waals surface area contributed by atoms with Gasteiger partial charge in [0, 0.05) is 17.7 Å². The van der Waals surface area contributed by atoms with E-state index in [1.54, 1.807) is 0 Å². The van der Waals surface area contributed by atoms with Gasteiger partial charge in [-0.15, -0.1) is 0 Å². The third-order valence-electron chi connectivity index (χ3n) is 4.68. The molecule has 2 rings (SSSR count). The fraction of sp³-hybridized carbons (Fsp3) is 0.609. The van der Waals surface area contributed by atoms with Crippen LogP contribution >= 0.6 is 0 Å². The van der Waals surface area contributed by atoms with Gasteiger partial charge in [0.05, 0.1) is 11.9 Å². The second-order valence-electron chi connectivity index (χ2n) is 8.60. The zero-order chi connectivity index (χ0) is 19.1. The highest BCUT2D eigenvalue weighted by molar-refractivity contribution is 5.64. The summed E-state index contributed by atoms with van der Waals surface area (Å²) in [6, 6.07) is 7.10. The minimum absolute atomic E-state index is 0.665. The Balaban J connectivity index is 2.30. The number of benzene rings is 1. The molecule has 1 aromatic carbocycles. The van der Waals surface area contributed by atoms with Crippen LogP contribution in [0.15, 0.2) is 24.4 Å². The molecule has 3 heteroatoms. The Labute approximate surface area is 160 Å². The monoisotopic (exact) mass is 355 g/mol. The van der Waals surface area contributed by atoms with Gasteiger partial charge in [0.15, 0.2) is 0 Å². The van der Waals surface area contributed by atoms with Gasteiger partial charge in [0.2, 0.25) is 0 Å². The summed E-state index contributed by atoms with van der Waals surface area (Å²) in [4.78, 5) is 2.39. The maximum absolute atomic E-state index is 4.36. The summed E-state index contributed by atoms with van der Waals surface area (Å²) < 4.78 is 0. The van der Waals surface area contributed by atoms with E-state index in [2.05, 4.69) is 75.0 Å². The van der Waals surface area contributed by atoms with E-state index >= 15 is 0 Å². The van der Waals surface area contributed by atoms with Crippen LogP contribution in [-0.2, 0) is 19.4 Å². The highest BCUT2D eigenvalue weighted by atomic mass is 15.1. The Morgan fingerprint density at radius 1 is 1.00 bits per heavy atom. The standard InChI is InChI=1S/C23H37N3/c1-7-8-9-26(6)16-22-15-24-25-23(22)21-13-19(10-17(2)3)12-20(14-21)11-18(4)5/h12-15,17-18H,7-11,16H2,1-6H3,(H,24,25). The molecule has 0 fully saturated rings. The van der Waals surface area contributed by atoms with E-state index in [0.29, 0.717) is 11.8 Å². The van der Waals surface area contributed by atoms with Gasteiger partial charge >= 0.3 is 0 Å². The molecule has 1 aromatic heterocycles. The summed E-state index contributed by atoms with van der Waals surface area (Å²) in [5.74, 6) is 1.33. The van der Waals surface area contributed by atoms with Crippen molar-refractivity contribution >= 4 is 0 Å². The maximum Gasteiger partial charge on any atom is 0.0695 e. The first-order chi connectivity index (χ1) is 12.4. The van der Waals surface area contributed by atoms with Crippen LogP contribution < -0.4 is 0 Å². The fourth-order valence-electron chi connectivity index (χ4n) is 3.56. The van der Waals surface area contributed by atoms with Crippen LogP contribution in [0.4, 0.5) is 0 Å². The number of aromatic amines is 1. The average Bonchev–Trinajstić information content (AvgIpc) is 2.99. The molecule has 0 aliphatic rings. The first-order valence-corrected chi connectivity index (χ1v) is 10.2. The molecule has 0 radical (unpaired) electrons. The molecule has 0 spiro atoms. The second kappa shape index (κ2) is 9.91. The first-order valence-electron chi connectivity index (χ1n) is 10.2. The third-order valence-corrected chi connectivity index (χ3v) is 4.68. The van der Waals surface area contributed by atoms with Crippen LogP contribution in [0.25, 0.3) is 11.3 Å². The van der Waals surface area contributed by atoms with Crippen molar-refractivity contribution in [2.24, 2.45) is 11.8 Å². The number of aromatic nitrogens is 2. The normalized spacial score (nSPS) is 11.9. The van der Waals surface area contributed by atoms with Gasteiger partial charge in [0.25, 0.3) is 0 Å². The van der Waals surface area contributed by atoms with Crippen LogP contribution in [0.1, 0.15) is 64.2 Å². The molecule has 0 saturated heterocycles. The van der Waals surface area contributed by atoms with Gasteiger partial charge in [-0.1, -0.05) is 47.1 Å². The topological polar surface area (TPSA) is 31.9 Å². The Bertz CT molecular complexity index is 642. The van der Waals surface area contributed by atoms with E-state index in [1.807, 2.05) is 6.20 Å². The molecule has 0 unspecified atom stereocenters.